The lowest BCUT2D eigenvalue weighted by Crippen LogP contribution is -2.37. The lowest BCUT2D eigenvalue weighted by atomic mass is 10.1. The van der Waals surface area contributed by atoms with Crippen LogP contribution >= 0.6 is 11.6 Å². The molecule has 5 nitrogen and oxygen atoms in total. The van der Waals surface area contributed by atoms with E-state index in [0.29, 0.717) is 34.2 Å². The van der Waals surface area contributed by atoms with Crippen LogP contribution in [-0.2, 0) is 4.79 Å². The van der Waals surface area contributed by atoms with Gasteiger partial charge in [-0.1, -0.05) is 23.7 Å². The Morgan fingerprint density at radius 2 is 1.84 bits per heavy atom. The number of benzene rings is 2. The summed E-state index contributed by atoms with van der Waals surface area (Å²) in [6.45, 7) is 2.21. The van der Waals surface area contributed by atoms with Gasteiger partial charge in [-0.25, -0.2) is 0 Å². The average molecular weight is 356 g/mol. The largest absolute Gasteiger partial charge is 0.320 e. The van der Waals surface area contributed by atoms with Crippen LogP contribution in [0.25, 0.3) is 0 Å². The van der Waals surface area contributed by atoms with Crippen molar-refractivity contribution in [3.8, 4) is 0 Å². The minimum Gasteiger partial charge on any atom is -0.320 e. The second kappa shape index (κ2) is 6.50. The van der Waals surface area contributed by atoms with Crippen molar-refractivity contribution in [1.82, 2.24) is 4.90 Å². The van der Waals surface area contributed by atoms with Gasteiger partial charge in [0.15, 0.2) is 0 Å². The van der Waals surface area contributed by atoms with Crippen LogP contribution < -0.4 is 10.2 Å². The summed E-state index contributed by atoms with van der Waals surface area (Å²) in [5.41, 5.74) is 2.27. The molecule has 1 N–H and O–H groups in total. The van der Waals surface area contributed by atoms with Crippen LogP contribution in [0.4, 0.5) is 17.1 Å². The van der Waals surface area contributed by atoms with Crippen molar-refractivity contribution in [2.45, 2.75) is 12.8 Å². The van der Waals surface area contributed by atoms with Gasteiger partial charge in [-0.3, -0.25) is 19.4 Å². The number of fused-ring (bicyclic) bond motifs is 2. The van der Waals surface area contributed by atoms with Crippen LogP contribution in [0.1, 0.15) is 23.2 Å². The molecular weight excluding hydrogens is 338 g/mol. The van der Waals surface area contributed by atoms with Gasteiger partial charge in [0.05, 0.1) is 29.2 Å². The molecule has 2 amide bonds. The van der Waals surface area contributed by atoms with E-state index in [4.69, 9.17) is 11.6 Å². The molecule has 25 heavy (non-hydrogen) atoms. The van der Waals surface area contributed by atoms with Crippen molar-refractivity contribution in [1.29, 1.82) is 0 Å². The SMILES string of the molecule is O=C1Nc2ccccc2N(C(=O)CN2CCCC2)c2ccc(Cl)cc21. The lowest BCUT2D eigenvalue weighted by molar-refractivity contribution is -0.118. The zero-order chi connectivity index (χ0) is 17.4. The maximum atomic E-state index is 13.1. The van der Waals surface area contributed by atoms with Crippen LogP contribution in [0.5, 0.6) is 0 Å². The zero-order valence-corrected chi connectivity index (χ0v) is 14.4. The molecule has 6 heteroatoms. The van der Waals surface area contributed by atoms with Gasteiger partial charge in [0, 0.05) is 5.02 Å². The molecule has 0 saturated carbocycles. The number of hydrogen-bond donors (Lipinski definition) is 1. The van der Waals surface area contributed by atoms with Crippen LogP contribution in [0.2, 0.25) is 5.02 Å². The van der Waals surface area contributed by atoms with Gasteiger partial charge < -0.3 is 5.32 Å². The number of anilines is 3. The highest BCUT2D eigenvalue weighted by Crippen LogP contribution is 2.38. The third kappa shape index (κ3) is 3.01. The molecule has 2 heterocycles. The number of nitrogens with zero attached hydrogens (tertiary/aromatic N) is 2. The van der Waals surface area contributed by atoms with Crippen molar-refractivity contribution in [2.75, 3.05) is 29.9 Å². The van der Waals surface area contributed by atoms with E-state index in [-0.39, 0.29) is 11.8 Å². The first-order chi connectivity index (χ1) is 12.1. The van der Waals surface area contributed by atoms with Gasteiger partial charge in [-0.15, -0.1) is 0 Å². The van der Waals surface area contributed by atoms with Crippen LogP contribution in [0, 0.1) is 0 Å². The molecule has 128 valence electrons. The number of carbonyl (C=O) groups excluding carboxylic acids is 2. The summed E-state index contributed by atoms with van der Waals surface area (Å²) in [4.78, 5) is 29.5. The molecule has 0 atom stereocenters. The number of rotatable bonds is 2. The molecular formula is C19H18ClN3O2. The third-order valence-electron chi connectivity index (χ3n) is 4.64. The number of amides is 2. The van der Waals surface area contributed by atoms with Gasteiger partial charge in [0.25, 0.3) is 5.91 Å². The Kier molecular flexibility index (Phi) is 4.19. The first-order valence-electron chi connectivity index (χ1n) is 8.39. The van der Waals surface area contributed by atoms with E-state index in [1.54, 1.807) is 29.2 Å². The Morgan fingerprint density at radius 1 is 1.08 bits per heavy atom. The standard InChI is InChI=1S/C19H18ClN3O2/c20-13-7-8-16-14(11-13)19(25)21-15-5-1-2-6-17(15)23(16)18(24)12-22-9-3-4-10-22/h1-2,5-8,11H,3-4,9-10,12H2,(H,21,25). The fourth-order valence-corrected chi connectivity index (χ4v) is 3.62. The molecule has 2 aromatic carbocycles. The molecule has 0 radical (unpaired) electrons. The van der Waals surface area contributed by atoms with E-state index in [1.165, 1.54) is 0 Å². The quantitative estimate of drug-likeness (QED) is 0.894. The van der Waals surface area contributed by atoms with Gasteiger partial charge >= 0.3 is 0 Å². The first-order valence-corrected chi connectivity index (χ1v) is 8.76. The summed E-state index contributed by atoms with van der Waals surface area (Å²) in [7, 11) is 0. The Morgan fingerprint density at radius 3 is 2.64 bits per heavy atom. The van der Waals surface area contributed by atoms with E-state index in [1.807, 2.05) is 18.2 Å². The number of nitrogens with one attached hydrogen (secondary N) is 1. The summed E-state index contributed by atoms with van der Waals surface area (Å²) < 4.78 is 0. The highest BCUT2D eigenvalue weighted by molar-refractivity contribution is 6.31. The third-order valence-corrected chi connectivity index (χ3v) is 4.88. The van der Waals surface area contributed by atoms with Gasteiger partial charge in [-0.05, 0) is 56.3 Å². The molecule has 2 aliphatic rings. The van der Waals surface area contributed by atoms with Crippen LogP contribution in [0.3, 0.4) is 0 Å². The molecule has 0 aromatic heterocycles. The topological polar surface area (TPSA) is 52.7 Å². The fraction of sp³-hybridized carbons (Fsp3) is 0.263. The number of halogens is 1. The van der Waals surface area contributed by atoms with Crippen molar-refractivity contribution in [2.24, 2.45) is 0 Å². The molecule has 0 unspecified atom stereocenters. The molecule has 1 fully saturated rings. The van der Waals surface area contributed by atoms with Crippen molar-refractivity contribution >= 4 is 40.5 Å². The smallest absolute Gasteiger partial charge is 0.257 e. The zero-order valence-electron chi connectivity index (χ0n) is 13.7. The predicted octanol–water partition coefficient (Wildman–Crippen LogP) is 3.67. The molecule has 0 spiro atoms. The average Bonchev–Trinajstić information content (AvgIpc) is 3.06. The second-order valence-electron chi connectivity index (χ2n) is 6.35. The lowest BCUT2D eigenvalue weighted by Gasteiger charge is -2.26. The van der Waals surface area contributed by atoms with Crippen molar-refractivity contribution in [3.05, 3.63) is 53.1 Å². The van der Waals surface area contributed by atoms with Gasteiger partial charge in [-0.2, -0.15) is 0 Å². The van der Waals surface area contributed by atoms with Crippen LogP contribution in [0.15, 0.2) is 42.5 Å². The molecule has 1 saturated heterocycles. The first kappa shape index (κ1) is 16.1. The number of carbonyl (C=O) groups is 2. The number of likely N-dealkylation sites (tertiary alicyclic amines) is 1. The van der Waals surface area contributed by atoms with Gasteiger partial charge in [0.2, 0.25) is 5.91 Å². The summed E-state index contributed by atoms with van der Waals surface area (Å²) in [6.07, 6.45) is 2.24. The molecule has 0 bridgehead atoms. The van der Waals surface area contributed by atoms with E-state index < -0.39 is 0 Å². The maximum Gasteiger partial charge on any atom is 0.257 e. The normalized spacial score (nSPS) is 16.8. The van der Waals surface area contributed by atoms with E-state index in [0.717, 1.165) is 25.9 Å². The number of hydrogen-bond acceptors (Lipinski definition) is 3. The minimum absolute atomic E-state index is 0.0468. The molecule has 4 rings (SSSR count). The van der Waals surface area contributed by atoms with Crippen molar-refractivity contribution in [3.63, 3.8) is 0 Å². The number of para-hydroxylation sites is 2. The summed E-state index contributed by atoms with van der Waals surface area (Å²) >= 11 is 6.08. The fourth-order valence-electron chi connectivity index (χ4n) is 3.45. The minimum atomic E-state index is -0.263. The van der Waals surface area contributed by atoms with Crippen LogP contribution in [-0.4, -0.2) is 36.3 Å². The highest BCUT2D eigenvalue weighted by atomic mass is 35.5. The predicted molar refractivity (Wildman–Crippen MR) is 98.7 cm³/mol. The van der Waals surface area contributed by atoms with E-state index in [9.17, 15) is 9.59 Å². The molecule has 0 aliphatic carbocycles. The highest BCUT2D eigenvalue weighted by Gasteiger charge is 2.30. The van der Waals surface area contributed by atoms with Crippen molar-refractivity contribution < 1.29 is 9.59 Å². The molecule has 2 aromatic rings. The summed E-state index contributed by atoms with van der Waals surface area (Å²) in [6, 6.07) is 12.4. The Labute approximate surface area is 151 Å². The summed E-state index contributed by atoms with van der Waals surface area (Å²) in [5.74, 6) is -0.309. The van der Waals surface area contributed by atoms with Gasteiger partial charge in [0.1, 0.15) is 0 Å². The second-order valence-corrected chi connectivity index (χ2v) is 6.78. The maximum absolute atomic E-state index is 13.1. The summed E-state index contributed by atoms with van der Waals surface area (Å²) in [5, 5.41) is 3.34. The Balaban J connectivity index is 1.81. The van der Waals surface area contributed by atoms with E-state index >= 15 is 0 Å². The monoisotopic (exact) mass is 355 g/mol. The molecule has 2 aliphatic heterocycles. The Hall–Kier alpha value is -2.37. The van der Waals surface area contributed by atoms with E-state index in [2.05, 4.69) is 10.2 Å². The Bertz CT molecular complexity index is 846.